The second-order valence-corrected chi connectivity index (χ2v) is 6.56. The van der Waals surface area contributed by atoms with E-state index in [2.05, 4.69) is 0 Å². The third kappa shape index (κ3) is 4.38. The lowest BCUT2D eigenvalue weighted by atomic mass is 10.1. The number of carbonyl (C=O) groups is 1. The predicted molar refractivity (Wildman–Crippen MR) is 110 cm³/mol. The fourth-order valence-electron chi connectivity index (χ4n) is 2.99. The van der Waals surface area contributed by atoms with Crippen molar-refractivity contribution in [2.45, 2.75) is 13.2 Å². The zero-order chi connectivity index (χ0) is 19.2. The summed E-state index contributed by atoms with van der Waals surface area (Å²) in [6.07, 6.45) is 0. The van der Waals surface area contributed by atoms with Gasteiger partial charge in [0.25, 0.3) is 0 Å². The second-order valence-electron chi connectivity index (χ2n) is 6.56. The van der Waals surface area contributed by atoms with Crippen LogP contribution in [-0.2, 0) is 18.0 Å². The SMILES string of the molecule is O=C(OCc1ccccc1)c1ccc2cc(OCc3ccccc3)ccc2c1. The summed E-state index contributed by atoms with van der Waals surface area (Å²) in [5, 5.41) is 1.99. The Morgan fingerprint density at radius 2 is 1.25 bits per heavy atom. The zero-order valence-corrected chi connectivity index (χ0v) is 15.4. The van der Waals surface area contributed by atoms with Gasteiger partial charge in [0.2, 0.25) is 0 Å². The maximum atomic E-state index is 12.3. The van der Waals surface area contributed by atoms with E-state index >= 15 is 0 Å². The van der Waals surface area contributed by atoms with Crippen LogP contribution in [0.2, 0.25) is 0 Å². The molecule has 0 aliphatic carbocycles. The Bertz CT molecular complexity index is 1070. The lowest BCUT2D eigenvalue weighted by Crippen LogP contribution is -2.05. The molecule has 0 fully saturated rings. The summed E-state index contributed by atoms with van der Waals surface area (Å²) in [5.41, 5.74) is 2.64. The van der Waals surface area contributed by atoms with Gasteiger partial charge >= 0.3 is 5.97 Å². The minimum absolute atomic E-state index is 0.268. The molecule has 0 N–H and O–H groups in total. The summed E-state index contributed by atoms with van der Waals surface area (Å²) in [7, 11) is 0. The molecular formula is C25H20O3. The fourth-order valence-corrected chi connectivity index (χ4v) is 2.99. The van der Waals surface area contributed by atoms with Gasteiger partial charge in [-0.2, -0.15) is 0 Å². The average Bonchev–Trinajstić information content (AvgIpc) is 2.77. The third-order valence-corrected chi connectivity index (χ3v) is 4.51. The Morgan fingerprint density at radius 1 is 0.643 bits per heavy atom. The van der Waals surface area contributed by atoms with E-state index in [0.717, 1.165) is 27.6 Å². The van der Waals surface area contributed by atoms with Crippen molar-refractivity contribution in [2.75, 3.05) is 0 Å². The van der Waals surface area contributed by atoms with E-state index in [1.54, 1.807) is 6.07 Å². The first kappa shape index (κ1) is 17.8. The second kappa shape index (κ2) is 8.40. The smallest absolute Gasteiger partial charge is 0.338 e. The van der Waals surface area contributed by atoms with E-state index in [4.69, 9.17) is 9.47 Å². The molecule has 0 amide bonds. The fraction of sp³-hybridized carbons (Fsp3) is 0.0800. The molecule has 0 atom stereocenters. The Kier molecular flexibility index (Phi) is 5.34. The van der Waals surface area contributed by atoms with Gasteiger partial charge in [-0.05, 0) is 46.2 Å². The summed E-state index contributed by atoms with van der Waals surface area (Å²) in [6, 6.07) is 31.1. The van der Waals surface area contributed by atoms with Crippen molar-refractivity contribution in [1.29, 1.82) is 0 Å². The molecule has 4 aromatic carbocycles. The van der Waals surface area contributed by atoms with E-state index in [9.17, 15) is 4.79 Å². The van der Waals surface area contributed by atoms with Crippen LogP contribution in [0, 0.1) is 0 Å². The largest absolute Gasteiger partial charge is 0.489 e. The molecule has 3 heteroatoms. The van der Waals surface area contributed by atoms with E-state index in [-0.39, 0.29) is 12.6 Å². The maximum absolute atomic E-state index is 12.3. The van der Waals surface area contributed by atoms with Crippen LogP contribution in [0.5, 0.6) is 5.75 Å². The number of rotatable bonds is 6. The van der Waals surface area contributed by atoms with E-state index in [0.29, 0.717) is 12.2 Å². The van der Waals surface area contributed by atoms with Crippen molar-refractivity contribution in [2.24, 2.45) is 0 Å². The molecule has 0 bridgehead atoms. The number of hydrogen-bond donors (Lipinski definition) is 0. The topological polar surface area (TPSA) is 35.5 Å². The van der Waals surface area contributed by atoms with Gasteiger partial charge in [-0.15, -0.1) is 0 Å². The van der Waals surface area contributed by atoms with Crippen molar-refractivity contribution < 1.29 is 14.3 Å². The van der Waals surface area contributed by atoms with Gasteiger partial charge in [-0.25, -0.2) is 4.79 Å². The summed E-state index contributed by atoms with van der Waals surface area (Å²) < 4.78 is 11.3. The predicted octanol–water partition coefficient (Wildman–Crippen LogP) is 5.78. The van der Waals surface area contributed by atoms with Gasteiger partial charge in [-0.3, -0.25) is 0 Å². The maximum Gasteiger partial charge on any atom is 0.338 e. The van der Waals surface area contributed by atoms with Gasteiger partial charge in [0.05, 0.1) is 5.56 Å². The lowest BCUT2D eigenvalue weighted by Gasteiger charge is -2.09. The Balaban J connectivity index is 1.43. The highest BCUT2D eigenvalue weighted by molar-refractivity contribution is 5.95. The van der Waals surface area contributed by atoms with Crippen LogP contribution in [-0.4, -0.2) is 5.97 Å². The zero-order valence-electron chi connectivity index (χ0n) is 15.4. The van der Waals surface area contributed by atoms with Crippen LogP contribution >= 0.6 is 0 Å². The Morgan fingerprint density at radius 3 is 1.96 bits per heavy atom. The first-order chi connectivity index (χ1) is 13.8. The highest BCUT2D eigenvalue weighted by Gasteiger charge is 2.09. The average molecular weight is 368 g/mol. The van der Waals surface area contributed by atoms with E-state index < -0.39 is 0 Å². The van der Waals surface area contributed by atoms with Crippen molar-refractivity contribution >= 4 is 16.7 Å². The summed E-state index contributed by atoms with van der Waals surface area (Å²) in [5.74, 6) is 0.478. The molecule has 0 saturated carbocycles. The number of carbonyl (C=O) groups excluding carboxylic acids is 1. The van der Waals surface area contributed by atoms with Crippen LogP contribution < -0.4 is 4.74 Å². The van der Waals surface area contributed by atoms with Crippen molar-refractivity contribution in [3.8, 4) is 5.75 Å². The molecule has 0 radical (unpaired) electrons. The minimum atomic E-state index is -0.324. The van der Waals surface area contributed by atoms with Crippen LogP contribution in [0.4, 0.5) is 0 Å². The molecule has 0 unspecified atom stereocenters. The van der Waals surface area contributed by atoms with Gasteiger partial charge in [0.15, 0.2) is 0 Å². The Hall–Kier alpha value is -3.59. The summed E-state index contributed by atoms with van der Waals surface area (Å²) in [4.78, 5) is 12.3. The molecule has 0 aliphatic rings. The highest BCUT2D eigenvalue weighted by atomic mass is 16.5. The van der Waals surface area contributed by atoms with Gasteiger partial charge in [0.1, 0.15) is 19.0 Å². The normalized spacial score (nSPS) is 10.6. The number of benzene rings is 4. The molecule has 4 rings (SSSR count). The number of esters is 1. The minimum Gasteiger partial charge on any atom is -0.489 e. The quantitative estimate of drug-likeness (QED) is 0.405. The van der Waals surface area contributed by atoms with E-state index in [1.165, 1.54) is 0 Å². The lowest BCUT2D eigenvalue weighted by molar-refractivity contribution is 0.0473. The number of fused-ring (bicyclic) bond motifs is 1. The molecule has 0 spiro atoms. The first-order valence-corrected chi connectivity index (χ1v) is 9.19. The van der Waals surface area contributed by atoms with E-state index in [1.807, 2.05) is 91.0 Å². The molecule has 0 saturated heterocycles. The molecule has 4 aromatic rings. The summed E-state index contributed by atoms with van der Waals surface area (Å²) >= 11 is 0. The third-order valence-electron chi connectivity index (χ3n) is 4.51. The standard InChI is InChI=1S/C25H20O3/c26-25(28-18-20-9-5-2-6-10-20)23-12-11-22-16-24(14-13-21(22)15-23)27-17-19-7-3-1-4-8-19/h1-16H,17-18H2. The van der Waals surface area contributed by atoms with Gasteiger partial charge < -0.3 is 9.47 Å². The van der Waals surface area contributed by atoms with Crippen LogP contribution in [0.25, 0.3) is 10.8 Å². The Labute approximate surface area is 164 Å². The molecule has 0 heterocycles. The van der Waals surface area contributed by atoms with Crippen LogP contribution in [0.3, 0.4) is 0 Å². The molecule has 28 heavy (non-hydrogen) atoms. The van der Waals surface area contributed by atoms with Gasteiger partial charge in [0, 0.05) is 0 Å². The van der Waals surface area contributed by atoms with Crippen LogP contribution in [0.15, 0.2) is 97.1 Å². The van der Waals surface area contributed by atoms with Gasteiger partial charge in [-0.1, -0.05) is 72.8 Å². The summed E-state index contributed by atoms with van der Waals surface area (Å²) in [6.45, 7) is 0.792. The molecule has 3 nitrogen and oxygen atoms in total. The van der Waals surface area contributed by atoms with Crippen molar-refractivity contribution in [3.05, 3.63) is 114 Å². The van der Waals surface area contributed by atoms with Crippen molar-refractivity contribution in [3.63, 3.8) is 0 Å². The van der Waals surface area contributed by atoms with Crippen molar-refractivity contribution in [1.82, 2.24) is 0 Å². The van der Waals surface area contributed by atoms with Crippen LogP contribution in [0.1, 0.15) is 21.5 Å². The molecule has 0 aliphatic heterocycles. The number of ether oxygens (including phenoxy) is 2. The molecule has 0 aromatic heterocycles. The molecular weight excluding hydrogens is 348 g/mol. The first-order valence-electron chi connectivity index (χ1n) is 9.19. The molecule has 138 valence electrons. The monoisotopic (exact) mass is 368 g/mol. The highest BCUT2D eigenvalue weighted by Crippen LogP contribution is 2.23. The number of hydrogen-bond acceptors (Lipinski definition) is 3.